The zero-order valence-electron chi connectivity index (χ0n) is 11.2. The lowest BCUT2D eigenvalue weighted by Gasteiger charge is -2.11. The predicted molar refractivity (Wildman–Crippen MR) is 80.1 cm³/mol. The second-order valence-corrected chi connectivity index (χ2v) is 5.61. The van der Waals surface area contributed by atoms with Gasteiger partial charge in [0.25, 0.3) is 0 Å². The van der Waals surface area contributed by atoms with Gasteiger partial charge in [0.2, 0.25) is 0 Å². The lowest BCUT2D eigenvalue weighted by molar-refractivity contribution is 0.830. The first kappa shape index (κ1) is 14.3. The van der Waals surface area contributed by atoms with Crippen molar-refractivity contribution in [2.45, 2.75) is 33.1 Å². The van der Waals surface area contributed by atoms with E-state index in [1.807, 2.05) is 26.0 Å². The highest BCUT2D eigenvalue weighted by Gasteiger charge is 2.15. The van der Waals surface area contributed by atoms with Gasteiger partial charge in [0.05, 0.1) is 0 Å². The number of aryl methyl sites for hydroxylation is 1. The van der Waals surface area contributed by atoms with Crippen molar-refractivity contribution in [2.24, 2.45) is 0 Å². The number of nitrogens with zero attached hydrogens (tertiary/aromatic N) is 2. The smallest absolute Gasteiger partial charge is 0.137 e. The second-order valence-electron chi connectivity index (χ2n) is 4.89. The van der Waals surface area contributed by atoms with Crippen LogP contribution in [0.15, 0.2) is 24.3 Å². The Labute approximate surface area is 123 Å². The number of hydrogen-bond donors (Lipinski definition) is 0. The second kappa shape index (κ2) is 5.89. The molecule has 0 amide bonds. The molecule has 2 aromatic rings. The molecule has 0 atom stereocenters. The molecular formula is C15H16Cl2N2. The van der Waals surface area contributed by atoms with Gasteiger partial charge in [-0.2, -0.15) is 0 Å². The molecule has 0 bridgehead atoms. The van der Waals surface area contributed by atoms with E-state index in [1.54, 1.807) is 0 Å². The van der Waals surface area contributed by atoms with E-state index in [0.717, 1.165) is 5.56 Å². The maximum Gasteiger partial charge on any atom is 0.137 e. The van der Waals surface area contributed by atoms with Crippen molar-refractivity contribution in [1.29, 1.82) is 0 Å². The van der Waals surface area contributed by atoms with Gasteiger partial charge >= 0.3 is 0 Å². The van der Waals surface area contributed by atoms with Gasteiger partial charge in [-0.15, -0.1) is 0 Å². The molecule has 1 aromatic heterocycles. The molecule has 2 rings (SSSR count). The van der Waals surface area contributed by atoms with E-state index in [-0.39, 0.29) is 5.92 Å². The van der Waals surface area contributed by atoms with E-state index in [0.29, 0.717) is 22.6 Å². The van der Waals surface area contributed by atoms with Crippen molar-refractivity contribution in [2.75, 3.05) is 0 Å². The van der Waals surface area contributed by atoms with Crippen molar-refractivity contribution in [3.63, 3.8) is 0 Å². The van der Waals surface area contributed by atoms with E-state index < -0.39 is 0 Å². The van der Waals surface area contributed by atoms with E-state index in [4.69, 9.17) is 23.2 Å². The summed E-state index contributed by atoms with van der Waals surface area (Å²) in [4.78, 5) is 8.72. The minimum atomic E-state index is 0.215. The quantitative estimate of drug-likeness (QED) is 0.760. The van der Waals surface area contributed by atoms with Crippen LogP contribution in [0.25, 0.3) is 0 Å². The summed E-state index contributed by atoms with van der Waals surface area (Å²) in [6.07, 6.45) is 0.643. The number of aromatic nitrogens is 2. The number of hydrogen-bond acceptors (Lipinski definition) is 2. The fourth-order valence-corrected chi connectivity index (χ4v) is 2.85. The summed E-state index contributed by atoms with van der Waals surface area (Å²) >= 11 is 12.4. The van der Waals surface area contributed by atoms with Crippen LogP contribution in [0.2, 0.25) is 10.3 Å². The Kier molecular flexibility index (Phi) is 4.43. The molecule has 0 radical (unpaired) electrons. The zero-order chi connectivity index (χ0) is 14.0. The van der Waals surface area contributed by atoms with Crippen molar-refractivity contribution >= 4 is 23.2 Å². The minimum Gasteiger partial charge on any atom is -0.220 e. The molecule has 0 aliphatic rings. The molecule has 0 aliphatic heterocycles. The molecule has 0 saturated carbocycles. The van der Waals surface area contributed by atoms with Crippen molar-refractivity contribution in [3.8, 4) is 0 Å². The largest absolute Gasteiger partial charge is 0.220 e. The molecule has 0 aliphatic carbocycles. The van der Waals surface area contributed by atoms with Gasteiger partial charge in [0, 0.05) is 12.0 Å². The third-order valence-electron chi connectivity index (χ3n) is 3.09. The van der Waals surface area contributed by atoms with Crippen LogP contribution >= 0.6 is 23.2 Å². The van der Waals surface area contributed by atoms with E-state index in [2.05, 4.69) is 29.0 Å². The summed E-state index contributed by atoms with van der Waals surface area (Å²) in [7, 11) is 0. The summed E-state index contributed by atoms with van der Waals surface area (Å²) < 4.78 is 0. The van der Waals surface area contributed by atoms with Crippen LogP contribution in [0, 0.1) is 6.92 Å². The fourth-order valence-electron chi connectivity index (χ4n) is 1.99. The predicted octanol–water partition coefficient (Wildman–Crippen LogP) is 4.81. The molecule has 1 heterocycles. The van der Waals surface area contributed by atoms with Gasteiger partial charge in [0.15, 0.2) is 0 Å². The van der Waals surface area contributed by atoms with E-state index in [1.165, 1.54) is 11.1 Å². The van der Waals surface area contributed by atoms with Gasteiger partial charge in [-0.1, -0.05) is 61.3 Å². The Balaban J connectivity index is 2.35. The molecule has 2 nitrogen and oxygen atoms in total. The molecule has 0 N–H and O–H groups in total. The first-order valence-corrected chi connectivity index (χ1v) is 7.01. The zero-order valence-corrected chi connectivity index (χ0v) is 12.8. The molecule has 19 heavy (non-hydrogen) atoms. The molecule has 4 heteroatoms. The van der Waals surface area contributed by atoms with Crippen LogP contribution in [-0.2, 0) is 6.42 Å². The van der Waals surface area contributed by atoms with Crippen LogP contribution in [0.1, 0.15) is 42.3 Å². The van der Waals surface area contributed by atoms with Gasteiger partial charge < -0.3 is 0 Å². The molecular weight excluding hydrogens is 279 g/mol. The first-order valence-electron chi connectivity index (χ1n) is 6.25. The average Bonchev–Trinajstić information content (AvgIpc) is 2.30. The average molecular weight is 295 g/mol. The lowest BCUT2D eigenvalue weighted by Crippen LogP contribution is -2.03. The summed E-state index contributed by atoms with van der Waals surface area (Å²) in [6.45, 7) is 6.12. The van der Waals surface area contributed by atoms with Crippen LogP contribution in [-0.4, -0.2) is 9.97 Å². The summed E-state index contributed by atoms with van der Waals surface area (Å²) in [5, 5.41) is 0.914. The van der Waals surface area contributed by atoms with E-state index in [9.17, 15) is 0 Å². The highest BCUT2D eigenvalue weighted by Crippen LogP contribution is 2.29. The molecule has 0 fully saturated rings. The Morgan fingerprint density at radius 3 is 2.16 bits per heavy atom. The standard InChI is InChI=1S/C15H16Cl2N2/c1-9(2)13-14(16)18-12(19-15(13)17)8-11-7-5-4-6-10(11)3/h4-7,9H,8H2,1-3H3. The molecule has 0 unspecified atom stereocenters. The van der Waals surface area contributed by atoms with Gasteiger partial charge in [-0.3, -0.25) is 0 Å². The van der Waals surface area contributed by atoms with Gasteiger partial charge in [0.1, 0.15) is 16.1 Å². The first-order chi connectivity index (χ1) is 8.99. The lowest BCUT2D eigenvalue weighted by atomic mass is 10.0. The number of benzene rings is 1. The van der Waals surface area contributed by atoms with Crippen LogP contribution < -0.4 is 0 Å². The van der Waals surface area contributed by atoms with Crippen LogP contribution in [0.4, 0.5) is 0 Å². The maximum absolute atomic E-state index is 6.20. The van der Waals surface area contributed by atoms with Crippen molar-refractivity contribution in [3.05, 3.63) is 57.1 Å². The molecule has 1 aromatic carbocycles. The number of rotatable bonds is 3. The van der Waals surface area contributed by atoms with Gasteiger partial charge in [-0.25, -0.2) is 9.97 Å². The normalized spacial score (nSPS) is 11.1. The molecule has 0 saturated heterocycles. The molecule has 100 valence electrons. The summed E-state index contributed by atoms with van der Waals surface area (Å²) in [6, 6.07) is 8.16. The Bertz CT molecular complexity index is 571. The SMILES string of the molecule is Cc1ccccc1Cc1nc(Cl)c(C(C)C)c(Cl)n1. The van der Waals surface area contributed by atoms with Crippen LogP contribution in [0.3, 0.4) is 0 Å². The highest BCUT2D eigenvalue weighted by molar-refractivity contribution is 6.34. The highest BCUT2D eigenvalue weighted by atomic mass is 35.5. The Hall–Kier alpha value is -1.12. The summed E-state index contributed by atoms with van der Waals surface area (Å²) in [5.74, 6) is 0.876. The fraction of sp³-hybridized carbons (Fsp3) is 0.333. The van der Waals surface area contributed by atoms with E-state index >= 15 is 0 Å². The molecule has 0 spiro atoms. The number of halogens is 2. The monoisotopic (exact) mass is 294 g/mol. The van der Waals surface area contributed by atoms with Crippen molar-refractivity contribution < 1.29 is 0 Å². The summed E-state index contributed by atoms with van der Waals surface area (Å²) in [5.41, 5.74) is 3.22. The maximum atomic E-state index is 6.20. The van der Waals surface area contributed by atoms with Crippen molar-refractivity contribution in [1.82, 2.24) is 9.97 Å². The topological polar surface area (TPSA) is 25.8 Å². The van der Waals surface area contributed by atoms with Crippen LogP contribution in [0.5, 0.6) is 0 Å². The minimum absolute atomic E-state index is 0.215. The third kappa shape index (κ3) is 3.26. The third-order valence-corrected chi connectivity index (χ3v) is 3.66. The Morgan fingerprint density at radius 2 is 1.63 bits per heavy atom. The Morgan fingerprint density at radius 1 is 1.05 bits per heavy atom. The van der Waals surface area contributed by atoms with Gasteiger partial charge in [-0.05, 0) is 24.0 Å².